The molecule has 0 atom stereocenters. The Morgan fingerprint density at radius 3 is 2.52 bits per heavy atom. The smallest absolute Gasteiger partial charge is 0.121 e. The maximum absolute atomic E-state index is 5.80. The maximum atomic E-state index is 5.80. The molecule has 0 bridgehead atoms. The number of aromatic nitrogens is 2. The van der Waals surface area contributed by atoms with Crippen molar-refractivity contribution in [1.29, 1.82) is 0 Å². The molecule has 1 heterocycles. The van der Waals surface area contributed by atoms with Crippen LogP contribution in [0.4, 0.5) is 0 Å². The Labute approximate surface area is 127 Å². The van der Waals surface area contributed by atoms with Crippen LogP contribution in [0.25, 0.3) is 10.9 Å². The first-order valence-corrected chi connectivity index (χ1v) is 8.22. The van der Waals surface area contributed by atoms with Crippen molar-refractivity contribution in [3.63, 3.8) is 0 Å². The van der Waals surface area contributed by atoms with Gasteiger partial charge in [0.25, 0.3) is 0 Å². The highest BCUT2D eigenvalue weighted by Gasteiger charge is 1.98. The van der Waals surface area contributed by atoms with E-state index in [2.05, 4.69) is 16.9 Å². The number of benzene rings is 1. The summed E-state index contributed by atoms with van der Waals surface area (Å²) in [5.74, 6) is 0.907. The van der Waals surface area contributed by atoms with Crippen LogP contribution in [0.15, 0.2) is 30.7 Å². The van der Waals surface area contributed by atoms with Gasteiger partial charge in [-0.25, -0.2) is 9.97 Å². The van der Waals surface area contributed by atoms with Crippen molar-refractivity contribution in [3.05, 3.63) is 30.7 Å². The zero-order chi connectivity index (χ0) is 14.8. The van der Waals surface area contributed by atoms with Crippen LogP contribution in [0.3, 0.4) is 0 Å². The molecular formula is C18H26N2O. The summed E-state index contributed by atoms with van der Waals surface area (Å²) in [4.78, 5) is 8.26. The summed E-state index contributed by atoms with van der Waals surface area (Å²) in [5, 5.41) is 1.05. The molecule has 0 N–H and O–H groups in total. The van der Waals surface area contributed by atoms with Gasteiger partial charge in [0.15, 0.2) is 0 Å². The van der Waals surface area contributed by atoms with E-state index in [0.717, 1.165) is 29.7 Å². The van der Waals surface area contributed by atoms with E-state index < -0.39 is 0 Å². The lowest BCUT2D eigenvalue weighted by atomic mass is 10.1. The molecule has 0 radical (unpaired) electrons. The Bertz CT molecular complexity index is 527. The van der Waals surface area contributed by atoms with Gasteiger partial charge in [0.2, 0.25) is 0 Å². The molecule has 0 fully saturated rings. The summed E-state index contributed by atoms with van der Waals surface area (Å²) < 4.78 is 5.80. The summed E-state index contributed by atoms with van der Waals surface area (Å²) in [6.07, 6.45) is 14.0. The lowest BCUT2D eigenvalue weighted by molar-refractivity contribution is 0.304. The quantitative estimate of drug-likeness (QED) is 0.567. The second kappa shape index (κ2) is 9.32. The molecule has 0 aliphatic carbocycles. The first-order chi connectivity index (χ1) is 10.4. The molecule has 0 saturated heterocycles. The monoisotopic (exact) mass is 286 g/mol. The molecule has 1 aromatic carbocycles. The molecule has 0 aliphatic heterocycles. The molecular weight excluding hydrogens is 260 g/mol. The maximum Gasteiger partial charge on any atom is 0.121 e. The van der Waals surface area contributed by atoms with Gasteiger partial charge in [-0.2, -0.15) is 0 Å². The standard InChI is InChI=1S/C18H26N2O/c1-2-3-4-5-6-7-8-9-12-21-17-11-10-16-14-19-15-20-18(16)13-17/h10-11,13-15H,2-9,12H2,1H3. The van der Waals surface area contributed by atoms with E-state index >= 15 is 0 Å². The zero-order valence-corrected chi connectivity index (χ0v) is 13.1. The van der Waals surface area contributed by atoms with Crippen molar-refractivity contribution in [1.82, 2.24) is 9.97 Å². The highest BCUT2D eigenvalue weighted by molar-refractivity contribution is 5.78. The van der Waals surface area contributed by atoms with Crippen molar-refractivity contribution in [2.24, 2.45) is 0 Å². The summed E-state index contributed by atoms with van der Waals surface area (Å²) >= 11 is 0. The summed E-state index contributed by atoms with van der Waals surface area (Å²) in [6.45, 7) is 3.06. The van der Waals surface area contributed by atoms with E-state index in [1.807, 2.05) is 24.4 Å². The fourth-order valence-electron chi connectivity index (χ4n) is 2.47. The Morgan fingerprint density at radius 1 is 0.952 bits per heavy atom. The molecule has 0 saturated carbocycles. The van der Waals surface area contributed by atoms with Crippen LogP contribution in [0.5, 0.6) is 5.75 Å². The minimum Gasteiger partial charge on any atom is -0.494 e. The van der Waals surface area contributed by atoms with Gasteiger partial charge in [-0.15, -0.1) is 0 Å². The molecule has 1 aromatic heterocycles. The molecule has 0 unspecified atom stereocenters. The van der Waals surface area contributed by atoms with Crippen molar-refractivity contribution in [3.8, 4) is 5.75 Å². The predicted molar refractivity (Wildman–Crippen MR) is 87.6 cm³/mol. The Kier molecular flexibility index (Phi) is 6.99. The number of hydrogen-bond donors (Lipinski definition) is 0. The highest BCUT2D eigenvalue weighted by Crippen LogP contribution is 2.18. The van der Waals surface area contributed by atoms with E-state index in [1.165, 1.54) is 44.9 Å². The third-order valence-electron chi connectivity index (χ3n) is 3.75. The third-order valence-corrected chi connectivity index (χ3v) is 3.75. The molecule has 21 heavy (non-hydrogen) atoms. The first-order valence-electron chi connectivity index (χ1n) is 8.22. The molecule has 0 aliphatic rings. The van der Waals surface area contributed by atoms with Crippen LogP contribution >= 0.6 is 0 Å². The average molecular weight is 286 g/mol. The first kappa shape index (κ1) is 15.7. The van der Waals surface area contributed by atoms with Gasteiger partial charge in [-0.05, 0) is 18.6 Å². The topological polar surface area (TPSA) is 35.0 Å². The number of hydrogen-bond acceptors (Lipinski definition) is 3. The minimum absolute atomic E-state index is 0.797. The molecule has 3 heteroatoms. The van der Waals surface area contributed by atoms with E-state index in [-0.39, 0.29) is 0 Å². The second-order valence-corrected chi connectivity index (χ2v) is 5.57. The lowest BCUT2D eigenvalue weighted by Crippen LogP contribution is -1.97. The SMILES string of the molecule is CCCCCCCCCCOc1ccc2cncnc2c1. The number of nitrogens with zero attached hydrogens (tertiary/aromatic N) is 2. The van der Waals surface area contributed by atoms with Gasteiger partial charge < -0.3 is 4.74 Å². The van der Waals surface area contributed by atoms with Gasteiger partial charge in [-0.3, -0.25) is 0 Å². The fourth-order valence-corrected chi connectivity index (χ4v) is 2.47. The number of ether oxygens (including phenoxy) is 1. The number of unbranched alkanes of at least 4 members (excludes halogenated alkanes) is 7. The summed E-state index contributed by atoms with van der Waals surface area (Å²) in [5.41, 5.74) is 0.943. The summed E-state index contributed by atoms with van der Waals surface area (Å²) in [6, 6.07) is 6.00. The Morgan fingerprint density at radius 2 is 1.71 bits per heavy atom. The third kappa shape index (κ3) is 5.70. The van der Waals surface area contributed by atoms with E-state index in [0.29, 0.717) is 0 Å². The largest absolute Gasteiger partial charge is 0.494 e. The highest BCUT2D eigenvalue weighted by atomic mass is 16.5. The van der Waals surface area contributed by atoms with E-state index in [1.54, 1.807) is 6.33 Å². The van der Waals surface area contributed by atoms with Gasteiger partial charge in [0, 0.05) is 17.6 Å². The van der Waals surface area contributed by atoms with Crippen LogP contribution in [-0.2, 0) is 0 Å². The molecule has 2 rings (SSSR count). The second-order valence-electron chi connectivity index (χ2n) is 5.57. The van der Waals surface area contributed by atoms with Gasteiger partial charge in [-0.1, -0.05) is 51.9 Å². The lowest BCUT2D eigenvalue weighted by Gasteiger charge is -2.07. The van der Waals surface area contributed by atoms with Crippen LogP contribution in [0.2, 0.25) is 0 Å². The minimum atomic E-state index is 0.797. The van der Waals surface area contributed by atoms with Gasteiger partial charge >= 0.3 is 0 Å². The molecule has 0 spiro atoms. The average Bonchev–Trinajstić information content (AvgIpc) is 2.53. The summed E-state index contributed by atoms with van der Waals surface area (Å²) in [7, 11) is 0. The molecule has 114 valence electrons. The van der Waals surface area contributed by atoms with Crippen molar-refractivity contribution in [2.75, 3.05) is 6.61 Å². The van der Waals surface area contributed by atoms with Gasteiger partial charge in [0.05, 0.1) is 12.1 Å². The van der Waals surface area contributed by atoms with E-state index in [4.69, 9.17) is 4.74 Å². The van der Waals surface area contributed by atoms with Crippen LogP contribution in [-0.4, -0.2) is 16.6 Å². The normalized spacial score (nSPS) is 10.9. The van der Waals surface area contributed by atoms with Crippen molar-refractivity contribution >= 4 is 10.9 Å². The van der Waals surface area contributed by atoms with E-state index in [9.17, 15) is 0 Å². The van der Waals surface area contributed by atoms with Crippen molar-refractivity contribution in [2.45, 2.75) is 58.3 Å². The van der Waals surface area contributed by atoms with Crippen LogP contribution in [0.1, 0.15) is 58.3 Å². The molecule has 3 nitrogen and oxygen atoms in total. The number of rotatable bonds is 10. The molecule has 2 aromatic rings. The zero-order valence-electron chi connectivity index (χ0n) is 13.1. The van der Waals surface area contributed by atoms with Crippen LogP contribution in [0, 0.1) is 0 Å². The fraction of sp³-hybridized carbons (Fsp3) is 0.556. The Balaban J connectivity index is 1.59. The van der Waals surface area contributed by atoms with Crippen molar-refractivity contribution < 1.29 is 4.74 Å². The Hall–Kier alpha value is -1.64. The predicted octanol–water partition coefficient (Wildman–Crippen LogP) is 5.15. The van der Waals surface area contributed by atoms with Gasteiger partial charge in [0.1, 0.15) is 12.1 Å². The molecule has 0 amide bonds. The van der Waals surface area contributed by atoms with Crippen LogP contribution < -0.4 is 4.74 Å². The number of fused-ring (bicyclic) bond motifs is 1.